The van der Waals surface area contributed by atoms with Crippen molar-refractivity contribution in [1.82, 2.24) is 15.5 Å². The molecule has 0 bridgehead atoms. The largest absolute Gasteiger partial charge is 0.508 e. The Labute approximate surface area is 228 Å². The number of sulfonamides is 1. The summed E-state index contributed by atoms with van der Waals surface area (Å²) in [5, 5.41) is 32.3. The lowest BCUT2D eigenvalue weighted by atomic mass is 9.95. The van der Waals surface area contributed by atoms with Gasteiger partial charge in [-0.05, 0) is 68.0 Å². The summed E-state index contributed by atoms with van der Waals surface area (Å²) in [5.41, 5.74) is 0.856. The Balaban J connectivity index is 1.50. The van der Waals surface area contributed by atoms with Gasteiger partial charge in [0.25, 0.3) is 0 Å². The third-order valence-corrected chi connectivity index (χ3v) is 8.90. The first-order valence-electron chi connectivity index (χ1n) is 11.2. The monoisotopic (exact) mass is 579 g/mol. The Bertz CT molecular complexity index is 1400. The molecule has 2 heterocycles. The molecular weight excluding hydrogens is 554 g/mol. The second-order valence-electron chi connectivity index (χ2n) is 9.28. The van der Waals surface area contributed by atoms with Gasteiger partial charge in [0.1, 0.15) is 29.2 Å². The number of anilines is 1. The molecule has 12 nitrogen and oxygen atoms in total. The SMILES string of the molecule is CC1(C)S[C@@H]2[C@H](NC(=O)[C@H](NC(=S)Nc3ccc(S(N)(=O)=O)cc3)c3ccc(O)cc3)C(=O)N2[C@H]1C(=O)O. The molecule has 2 saturated heterocycles. The highest BCUT2D eigenvalue weighted by molar-refractivity contribution is 8.01. The number of carboxylic acid groups (broad SMARTS) is 1. The van der Waals surface area contributed by atoms with Crippen molar-refractivity contribution in [3.8, 4) is 5.75 Å². The third-order valence-electron chi connectivity index (χ3n) is 6.18. The molecule has 4 atom stereocenters. The molecule has 15 heteroatoms. The minimum Gasteiger partial charge on any atom is -0.508 e. The number of carboxylic acids is 1. The zero-order valence-corrected chi connectivity index (χ0v) is 22.6. The fourth-order valence-corrected chi connectivity index (χ4v) is 6.75. The molecule has 2 aliphatic heterocycles. The molecule has 2 aromatic rings. The summed E-state index contributed by atoms with van der Waals surface area (Å²) in [5.74, 6) is -2.22. The van der Waals surface area contributed by atoms with Crippen LogP contribution in [-0.2, 0) is 24.4 Å². The van der Waals surface area contributed by atoms with E-state index in [0.29, 0.717) is 11.3 Å². The molecular formula is C23H25N5O7S3. The summed E-state index contributed by atoms with van der Waals surface area (Å²) in [6.07, 6.45) is 0. The van der Waals surface area contributed by atoms with E-state index in [1.165, 1.54) is 65.2 Å². The maximum atomic E-state index is 13.4. The molecule has 2 aliphatic rings. The maximum Gasteiger partial charge on any atom is 0.327 e. The first kappa shape index (κ1) is 27.6. The van der Waals surface area contributed by atoms with E-state index in [9.17, 15) is 33.0 Å². The van der Waals surface area contributed by atoms with E-state index in [1.54, 1.807) is 13.8 Å². The molecule has 0 unspecified atom stereocenters. The number of aliphatic carboxylic acids is 1. The number of aromatic hydroxyl groups is 1. The van der Waals surface area contributed by atoms with Crippen LogP contribution in [0.5, 0.6) is 5.75 Å². The average molecular weight is 580 g/mol. The first-order valence-corrected chi connectivity index (χ1v) is 14.0. The van der Waals surface area contributed by atoms with Crippen LogP contribution < -0.4 is 21.1 Å². The van der Waals surface area contributed by atoms with Gasteiger partial charge in [0, 0.05) is 10.4 Å². The third kappa shape index (κ3) is 5.41. The van der Waals surface area contributed by atoms with Crippen molar-refractivity contribution < 1.29 is 33.0 Å². The number of hydrogen-bond donors (Lipinski definition) is 6. The fraction of sp³-hybridized carbons (Fsp3) is 0.304. The number of nitrogens with one attached hydrogen (secondary N) is 3. The van der Waals surface area contributed by atoms with Crippen molar-refractivity contribution in [1.29, 1.82) is 0 Å². The summed E-state index contributed by atoms with van der Waals surface area (Å²) >= 11 is 6.65. The van der Waals surface area contributed by atoms with Crippen LogP contribution in [0.4, 0.5) is 5.69 Å². The van der Waals surface area contributed by atoms with Gasteiger partial charge in [-0.25, -0.2) is 18.4 Å². The van der Waals surface area contributed by atoms with Crippen LogP contribution in [0.2, 0.25) is 0 Å². The number of carbonyl (C=O) groups is 3. The number of hydrogen-bond acceptors (Lipinski definition) is 8. The highest BCUT2D eigenvalue weighted by Gasteiger charge is 2.64. The Kier molecular flexibility index (Phi) is 7.31. The number of phenols is 1. The number of benzene rings is 2. The van der Waals surface area contributed by atoms with E-state index in [2.05, 4.69) is 16.0 Å². The summed E-state index contributed by atoms with van der Waals surface area (Å²) in [6, 6.07) is 8.27. The van der Waals surface area contributed by atoms with Crippen LogP contribution in [0.25, 0.3) is 0 Å². The molecule has 0 aromatic heterocycles. The van der Waals surface area contributed by atoms with E-state index in [4.69, 9.17) is 17.4 Å². The summed E-state index contributed by atoms with van der Waals surface area (Å²) in [6.45, 7) is 3.47. The summed E-state index contributed by atoms with van der Waals surface area (Å²) in [4.78, 5) is 39.2. The molecule has 2 aromatic carbocycles. The minimum absolute atomic E-state index is 0.0160. The van der Waals surface area contributed by atoms with Crippen molar-refractivity contribution in [2.24, 2.45) is 5.14 Å². The van der Waals surface area contributed by atoms with Gasteiger partial charge in [-0.3, -0.25) is 9.59 Å². The summed E-state index contributed by atoms with van der Waals surface area (Å²) < 4.78 is 22.2. The van der Waals surface area contributed by atoms with Crippen LogP contribution in [0.3, 0.4) is 0 Å². The maximum absolute atomic E-state index is 13.4. The van der Waals surface area contributed by atoms with Gasteiger partial charge >= 0.3 is 5.97 Å². The number of fused-ring (bicyclic) bond motifs is 1. The Morgan fingerprint density at radius 2 is 1.74 bits per heavy atom. The van der Waals surface area contributed by atoms with E-state index < -0.39 is 56.1 Å². The number of thiocarbonyl (C=S) groups is 1. The standard InChI is InChI=1S/C23H25N5O7S3/c1-23(2)17(21(32)33)28-19(31)16(20(28)37-23)26-18(30)15(11-3-7-13(29)8-4-11)27-22(36)25-12-5-9-14(10-6-12)38(24,34)35/h3-10,15-17,20,29H,1-2H3,(H,26,30)(H,32,33)(H2,24,34,35)(H2,25,27,36)/t15-,16-,17+,20-/m1/s1. The fourth-order valence-electron chi connectivity index (χ4n) is 4.38. The molecule has 38 heavy (non-hydrogen) atoms. The van der Waals surface area contributed by atoms with Crippen LogP contribution in [0.1, 0.15) is 25.5 Å². The van der Waals surface area contributed by atoms with Crippen LogP contribution in [-0.4, -0.2) is 68.6 Å². The van der Waals surface area contributed by atoms with Crippen molar-refractivity contribution >= 4 is 62.6 Å². The first-order chi connectivity index (χ1) is 17.7. The molecule has 4 rings (SSSR count). The number of primary sulfonamides is 1. The minimum atomic E-state index is -3.87. The quantitative estimate of drug-likeness (QED) is 0.200. The topological polar surface area (TPSA) is 191 Å². The van der Waals surface area contributed by atoms with E-state index in [0.717, 1.165) is 0 Å². The average Bonchev–Trinajstić information content (AvgIpc) is 3.09. The predicted molar refractivity (Wildman–Crippen MR) is 144 cm³/mol. The van der Waals surface area contributed by atoms with Gasteiger partial charge in [0.2, 0.25) is 21.8 Å². The Morgan fingerprint density at radius 1 is 1.13 bits per heavy atom. The van der Waals surface area contributed by atoms with Gasteiger partial charge in [-0.1, -0.05) is 12.1 Å². The molecule has 0 radical (unpaired) electrons. The number of nitrogens with zero attached hydrogens (tertiary/aromatic N) is 1. The van der Waals surface area contributed by atoms with E-state index in [1.807, 2.05) is 0 Å². The Morgan fingerprint density at radius 3 is 2.29 bits per heavy atom. The van der Waals surface area contributed by atoms with Crippen molar-refractivity contribution in [2.45, 2.75) is 47.0 Å². The highest BCUT2D eigenvalue weighted by atomic mass is 32.2. The number of phenolic OH excluding ortho intramolecular Hbond substituents is 1. The number of carbonyl (C=O) groups excluding carboxylic acids is 2. The lowest BCUT2D eigenvalue weighted by Crippen LogP contribution is -2.71. The van der Waals surface area contributed by atoms with Gasteiger partial charge < -0.3 is 31.1 Å². The predicted octanol–water partition coefficient (Wildman–Crippen LogP) is 0.699. The zero-order valence-electron chi connectivity index (χ0n) is 20.1. The molecule has 0 aliphatic carbocycles. The van der Waals surface area contributed by atoms with Gasteiger partial charge in [0.05, 0.1) is 4.90 Å². The van der Waals surface area contributed by atoms with Crippen molar-refractivity contribution in [3.63, 3.8) is 0 Å². The van der Waals surface area contributed by atoms with Gasteiger partial charge in [0.15, 0.2) is 5.11 Å². The van der Waals surface area contributed by atoms with Crippen molar-refractivity contribution in [3.05, 3.63) is 54.1 Å². The number of β-lactam (4-membered cyclic amide) rings is 1. The normalized spacial score (nSPS) is 22.6. The lowest BCUT2D eigenvalue weighted by molar-refractivity contribution is -0.161. The zero-order chi connectivity index (χ0) is 28.0. The van der Waals surface area contributed by atoms with Gasteiger partial charge in [-0.2, -0.15) is 0 Å². The molecule has 0 saturated carbocycles. The number of amides is 2. The molecule has 0 spiro atoms. The molecule has 202 valence electrons. The van der Waals surface area contributed by atoms with Crippen LogP contribution in [0.15, 0.2) is 53.4 Å². The van der Waals surface area contributed by atoms with Crippen LogP contribution in [0, 0.1) is 0 Å². The molecule has 7 N–H and O–H groups in total. The Hall–Kier alpha value is -3.40. The smallest absolute Gasteiger partial charge is 0.327 e. The van der Waals surface area contributed by atoms with Crippen molar-refractivity contribution in [2.75, 3.05) is 5.32 Å². The molecule has 2 fully saturated rings. The van der Waals surface area contributed by atoms with E-state index in [-0.39, 0.29) is 15.8 Å². The number of thioether (sulfide) groups is 1. The number of nitrogens with two attached hydrogens (primary N) is 1. The van der Waals surface area contributed by atoms with Crippen LogP contribution >= 0.6 is 24.0 Å². The van der Waals surface area contributed by atoms with E-state index >= 15 is 0 Å². The second-order valence-corrected chi connectivity index (χ2v) is 13.0. The second kappa shape index (κ2) is 10.1. The lowest BCUT2D eigenvalue weighted by Gasteiger charge is -2.44. The summed E-state index contributed by atoms with van der Waals surface area (Å²) in [7, 11) is -3.87. The highest BCUT2D eigenvalue weighted by Crippen LogP contribution is 2.50. The number of rotatable bonds is 7. The van der Waals surface area contributed by atoms with Gasteiger partial charge in [-0.15, -0.1) is 11.8 Å². The molecule has 2 amide bonds.